The number of carbonyl (C=O) groups excluding carboxylic acids is 1. The molecular weight excluding hydrogens is 198 g/mol. The normalized spacial score (nSPS) is 21.2. The molecule has 1 aliphatic rings. The van der Waals surface area contributed by atoms with Gasteiger partial charge in [0, 0.05) is 25.2 Å². The van der Waals surface area contributed by atoms with Crippen LogP contribution in [0.4, 0.5) is 0 Å². The van der Waals surface area contributed by atoms with E-state index < -0.39 is 0 Å². The second-order valence-electron chi connectivity index (χ2n) is 4.22. The summed E-state index contributed by atoms with van der Waals surface area (Å²) in [6.45, 7) is 2.09. The van der Waals surface area contributed by atoms with Gasteiger partial charge in [0.1, 0.15) is 6.29 Å². The number of hydrogen-bond acceptors (Lipinski definition) is 2. The number of aldehydes is 1. The highest BCUT2D eigenvalue weighted by molar-refractivity contribution is 5.64. The van der Waals surface area contributed by atoms with Crippen molar-refractivity contribution < 1.29 is 4.79 Å². The summed E-state index contributed by atoms with van der Waals surface area (Å²) in [5, 5.41) is 0. The maximum atomic E-state index is 10.3. The van der Waals surface area contributed by atoms with Gasteiger partial charge in [-0.1, -0.05) is 30.3 Å². The average molecular weight is 215 g/mol. The van der Waals surface area contributed by atoms with Crippen molar-refractivity contribution in [2.45, 2.75) is 18.8 Å². The molecule has 0 N–H and O–H groups in total. The van der Waals surface area contributed by atoms with Crippen LogP contribution >= 0.6 is 0 Å². The molecule has 1 saturated heterocycles. The van der Waals surface area contributed by atoms with Gasteiger partial charge in [-0.2, -0.15) is 0 Å². The van der Waals surface area contributed by atoms with Crippen LogP contribution in [0.3, 0.4) is 0 Å². The summed E-state index contributed by atoms with van der Waals surface area (Å²) in [7, 11) is 0. The summed E-state index contributed by atoms with van der Waals surface area (Å²) in [4.78, 5) is 12.5. The van der Waals surface area contributed by atoms with E-state index in [9.17, 15) is 4.79 Å². The fourth-order valence-corrected chi connectivity index (χ4v) is 2.30. The third-order valence-electron chi connectivity index (χ3n) is 3.10. The second-order valence-corrected chi connectivity index (χ2v) is 4.22. The molecule has 1 heterocycles. The summed E-state index contributed by atoms with van der Waals surface area (Å²) < 4.78 is 0. The summed E-state index contributed by atoms with van der Waals surface area (Å²) >= 11 is 0. The quantitative estimate of drug-likeness (QED) is 0.570. The molecule has 2 rings (SSSR count). The van der Waals surface area contributed by atoms with Crippen molar-refractivity contribution in [3.63, 3.8) is 0 Å². The molecule has 1 fully saturated rings. The fraction of sp³-hybridized carbons (Fsp3) is 0.357. The number of rotatable bonds is 3. The minimum absolute atomic E-state index is 0.603. The lowest BCUT2D eigenvalue weighted by Crippen LogP contribution is -2.30. The zero-order valence-corrected chi connectivity index (χ0v) is 9.38. The number of carbonyl (C=O) groups is 1. The van der Waals surface area contributed by atoms with Crippen molar-refractivity contribution in [2.24, 2.45) is 0 Å². The lowest BCUT2D eigenvalue weighted by molar-refractivity contribution is -0.104. The van der Waals surface area contributed by atoms with E-state index in [-0.39, 0.29) is 0 Å². The topological polar surface area (TPSA) is 20.3 Å². The van der Waals surface area contributed by atoms with E-state index >= 15 is 0 Å². The van der Waals surface area contributed by atoms with E-state index in [1.54, 1.807) is 6.08 Å². The highest BCUT2D eigenvalue weighted by Crippen LogP contribution is 2.26. The van der Waals surface area contributed by atoms with Gasteiger partial charge in [-0.05, 0) is 24.5 Å². The number of hydrogen-bond donors (Lipinski definition) is 0. The van der Waals surface area contributed by atoms with Crippen LogP contribution in [0.25, 0.3) is 0 Å². The Balaban J connectivity index is 2.02. The Kier molecular flexibility index (Phi) is 3.76. The predicted octanol–water partition coefficient (Wildman–Crippen LogP) is 2.58. The maximum Gasteiger partial charge on any atom is 0.144 e. The summed E-state index contributed by atoms with van der Waals surface area (Å²) in [5.74, 6) is 0.603. The third kappa shape index (κ3) is 2.72. The van der Waals surface area contributed by atoms with Crippen molar-refractivity contribution in [3.05, 3.63) is 48.2 Å². The van der Waals surface area contributed by atoms with Crippen LogP contribution in [-0.4, -0.2) is 24.3 Å². The van der Waals surface area contributed by atoms with E-state index in [1.165, 1.54) is 18.4 Å². The van der Waals surface area contributed by atoms with Crippen molar-refractivity contribution in [1.82, 2.24) is 4.90 Å². The Morgan fingerprint density at radius 3 is 2.81 bits per heavy atom. The molecular formula is C14H17NO. The van der Waals surface area contributed by atoms with Gasteiger partial charge in [0.05, 0.1) is 0 Å². The Labute approximate surface area is 96.6 Å². The van der Waals surface area contributed by atoms with Crippen LogP contribution < -0.4 is 0 Å². The summed E-state index contributed by atoms with van der Waals surface area (Å²) in [6, 6.07) is 10.6. The van der Waals surface area contributed by atoms with Crippen molar-refractivity contribution >= 4 is 6.29 Å². The molecule has 0 amide bonds. The van der Waals surface area contributed by atoms with Crippen LogP contribution in [-0.2, 0) is 4.79 Å². The van der Waals surface area contributed by atoms with Crippen LogP contribution in [0.2, 0.25) is 0 Å². The van der Waals surface area contributed by atoms with Crippen molar-refractivity contribution in [3.8, 4) is 0 Å². The van der Waals surface area contributed by atoms with Gasteiger partial charge in [0.2, 0.25) is 0 Å². The highest BCUT2D eigenvalue weighted by atomic mass is 16.1. The predicted molar refractivity (Wildman–Crippen MR) is 65.2 cm³/mol. The summed E-state index contributed by atoms with van der Waals surface area (Å²) in [6.07, 6.45) is 6.76. The molecule has 0 saturated carbocycles. The molecule has 0 aromatic heterocycles. The lowest BCUT2D eigenvalue weighted by atomic mass is 9.91. The molecule has 0 spiro atoms. The second kappa shape index (κ2) is 5.50. The molecule has 0 aliphatic carbocycles. The van der Waals surface area contributed by atoms with Crippen molar-refractivity contribution in [2.75, 3.05) is 13.1 Å². The van der Waals surface area contributed by atoms with E-state index in [0.29, 0.717) is 5.92 Å². The van der Waals surface area contributed by atoms with Gasteiger partial charge < -0.3 is 4.90 Å². The number of allylic oxidation sites excluding steroid dienone is 1. The van der Waals surface area contributed by atoms with Crippen LogP contribution in [0.5, 0.6) is 0 Å². The number of piperidine rings is 1. The Morgan fingerprint density at radius 2 is 2.06 bits per heavy atom. The van der Waals surface area contributed by atoms with Gasteiger partial charge in [-0.25, -0.2) is 0 Å². The molecule has 0 radical (unpaired) electrons. The molecule has 2 nitrogen and oxygen atoms in total. The molecule has 2 heteroatoms. The first kappa shape index (κ1) is 10.9. The monoisotopic (exact) mass is 215 g/mol. The smallest absolute Gasteiger partial charge is 0.144 e. The summed E-state index contributed by atoms with van der Waals surface area (Å²) in [5.41, 5.74) is 1.41. The molecule has 0 bridgehead atoms. The fourth-order valence-electron chi connectivity index (χ4n) is 2.30. The zero-order chi connectivity index (χ0) is 11.2. The highest BCUT2D eigenvalue weighted by Gasteiger charge is 2.18. The Morgan fingerprint density at radius 1 is 1.25 bits per heavy atom. The standard InChI is InChI=1S/C14H17NO/c16-11-5-10-15-9-4-8-14(12-15)13-6-2-1-3-7-13/h1-3,5-7,10-11,14H,4,8-9,12H2/t14-/m0/s1. The average Bonchev–Trinajstić information content (AvgIpc) is 2.38. The van der Waals surface area contributed by atoms with E-state index in [0.717, 1.165) is 19.4 Å². The maximum absolute atomic E-state index is 10.3. The van der Waals surface area contributed by atoms with Crippen LogP contribution in [0.15, 0.2) is 42.6 Å². The van der Waals surface area contributed by atoms with Gasteiger partial charge in [-0.15, -0.1) is 0 Å². The van der Waals surface area contributed by atoms with Gasteiger partial charge in [-0.3, -0.25) is 4.79 Å². The minimum atomic E-state index is 0.603. The Hall–Kier alpha value is -1.57. The molecule has 1 atom stereocenters. The number of benzene rings is 1. The molecule has 1 aromatic rings. The zero-order valence-electron chi connectivity index (χ0n) is 9.38. The minimum Gasteiger partial charge on any atom is -0.377 e. The molecule has 16 heavy (non-hydrogen) atoms. The first-order valence-electron chi connectivity index (χ1n) is 5.81. The van der Waals surface area contributed by atoms with Crippen molar-refractivity contribution in [1.29, 1.82) is 0 Å². The third-order valence-corrected chi connectivity index (χ3v) is 3.10. The first-order valence-corrected chi connectivity index (χ1v) is 5.81. The van der Waals surface area contributed by atoms with E-state index in [2.05, 4.69) is 35.2 Å². The largest absolute Gasteiger partial charge is 0.377 e. The Bertz CT molecular complexity index is 358. The molecule has 84 valence electrons. The van der Waals surface area contributed by atoms with E-state index in [1.807, 2.05) is 6.20 Å². The molecule has 1 aromatic carbocycles. The van der Waals surface area contributed by atoms with Gasteiger partial charge in [0.15, 0.2) is 0 Å². The van der Waals surface area contributed by atoms with Gasteiger partial charge >= 0.3 is 0 Å². The van der Waals surface area contributed by atoms with Gasteiger partial charge in [0.25, 0.3) is 0 Å². The molecule has 0 unspecified atom stereocenters. The first-order chi connectivity index (χ1) is 7.90. The van der Waals surface area contributed by atoms with Crippen LogP contribution in [0.1, 0.15) is 24.3 Å². The number of likely N-dealkylation sites (tertiary alicyclic amines) is 1. The van der Waals surface area contributed by atoms with Crippen LogP contribution in [0, 0.1) is 0 Å². The SMILES string of the molecule is O=CC=CN1CCC[C@H](c2ccccc2)C1. The van der Waals surface area contributed by atoms with E-state index in [4.69, 9.17) is 0 Å². The molecule has 1 aliphatic heterocycles. The number of nitrogens with zero attached hydrogens (tertiary/aromatic N) is 1. The lowest BCUT2D eigenvalue weighted by Gasteiger charge is -2.32.